The molecule has 0 amide bonds. The number of hydrogen-bond donors (Lipinski definition) is 2. The molecule has 0 unspecified atom stereocenters. The highest BCUT2D eigenvalue weighted by molar-refractivity contribution is 5.78. The fourth-order valence-corrected chi connectivity index (χ4v) is 5.58. The van der Waals surface area contributed by atoms with Gasteiger partial charge in [0.2, 0.25) is 0 Å². The summed E-state index contributed by atoms with van der Waals surface area (Å²) in [4.78, 5) is 0. The van der Waals surface area contributed by atoms with E-state index in [9.17, 15) is 0 Å². The van der Waals surface area contributed by atoms with Gasteiger partial charge in [-0.15, -0.1) is 0 Å². The van der Waals surface area contributed by atoms with Gasteiger partial charge in [-0.1, -0.05) is 128 Å². The van der Waals surface area contributed by atoms with Crippen LogP contribution in [0, 0.1) is 0 Å². The van der Waals surface area contributed by atoms with Crippen molar-refractivity contribution in [1.29, 1.82) is 0 Å². The van der Waals surface area contributed by atoms with Crippen LogP contribution < -0.4 is 11.5 Å². The van der Waals surface area contributed by atoms with Gasteiger partial charge in [0.25, 0.3) is 0 Å². The number of nitrogen functional groups attached to an aromatic ring is 2. The molecule has 216 valence electrons. The van der Waals surface area contributed by atoms with E-state index in [1.807, 2.05) is 24.3 Å². The molecule has 0 bridgehead atoms. The Morgan fingerprint density at radius 2 is 0.500 bits per heavy atom. The quantitative estimate of drug-likeness (QED) is 0.161. The van der Waals surface area contributed by atoms with Gasteiger partial charge >= 0.3 is 0 Å². The van der Waals surface area contributed by atoms with Crippen molar-refractivity contribution in [3.63, 3.8) is 0 Å². The van der Waals surface area contributed by atoms with Gasteiger partial charge in [-0.2, -0.15) is 0 Å². The Balaban J connectivity index is 1.01. The van der Waals surface area contributed by atoms with Crippen molar-refractivity contribution in [3.05, 3.63) is 208 Å². The van der Waals surface area contributed by atoms with Gasteiger partial charge in [-0.3, -0.25) is 0 Å². The standard InChI is InChI=1S/C42H38N2/c1-30(40-20-12-36(13-21-40)29-38-16-24-42(44)25-17-38)39-18-10-35(11-19-39)27-33-6-2-31(3-7-33)26-32-4-8-34(9-5-32)28-37-14-22-41(43)23-15-37/h2-25H,1,26-29,43-44H2. The van der Waals surface area contributed by atoms with Crippen molar-refractivity contribution >= 4 is 16.9 Å². The Morgan fingerprint density at radius 3 is 0.727 bits per heavy atom. The second kappa shape index (κ2) is 13.3. The molecular weight excluding hydrogens is 532 g/mol. The minimum absolute atomic E-state index is 0.796. The number of rotatable bonds is 10. The molecule has 0 aliphatic carbocycles. The second-order valence-corrected chi connectivity index (χ2v) is 11.7. The number of nitrogens with two attached hydrogens (primary N) is 2. The summed E-state index contributed by atoms with van der Waals surface area (Å²) in [6, 6.07) is 51.7. The third-order valence-corrected chi connectivity index (χ3v) is 8.24. The van der Waals surface area contributed by atoms with E-state index in [2.05, 4.69) is 128 Å². The van der Waals surface area contributed by atoms with E-state index in [1.54, 1.807) is 0 Å². The average molecular weight is 571 g/mol. The molecule has 6 aromatic rings. The van der Waals surface area contributed by atoms with Crippen LogP contribution in [0.1, 0.15) is 55.6 Å². The van der Waals surface area contributed by atoms with E-state index in [-0.39, 0.29) is 0 Å². The van der Waals surface area contributed by atoms with Gasteiger partial charge in [0, 0.05) is 11.4 Å². The number of anilines is 2. The molecule has 0 radical (unpaired) electrons. The summed E-state index contributed by atoms with van der Waals surface area (Å²) in [5.41, 5.74) is 26.9. The molecule has 0 saturated heterocycles. The molecule has 0 aliphatic rings. The third kappa shape index (κ3) is 7.53. The van der Waals surface area contributed by atoms with Crippen LogP contribution in [0.5, 0.6) is 0 Å². The summed E-state index contributed by atoms with van der Waals surface area (Å²) in [6.07, 6.45) is 3.65. The highest BCUT2D eigenvalue weighted by atomic mass is 14.5. The summed E-state index contributed by atoms with van der Waals surface area (Å²) in [6.45, 7) is 4.38. The first-order chi connectivity index (χ1) is 21.5. The number of hydrogen-bond acceptors (Lipinski definition) is 2. The first kappa shape index (κ1) is 28.8. The molecule has 0 atom stereocenters. The molecule has 6 aromatic carbocycles. The molecule has 0 saturated carbocycles. The molecule has 4 N–H and O–H groups in total. The Morgan fingerprint density at radius 1 is 0.318 bits per heavy atom. The SMILES string of the molecule is C=C(c1ccc(Cc2ccc(N)cc2)cc1)c1ccc(Cc2ccc(Cc3ccc(Cc4ccc(N)cc4)cc3)cc2)cc1. The molecule has 2 heteroatoms. The Bertz CT molecular complexity index is 1810. The Kier molecular flexibility index (Phi) is 8.70. The molecule has 0 aliphatic heterocycles. The molecule has 0 fully saturated rings. The van der Waals surface area contributed by atoms with E-state index < -0.39 is 0 Å². The van der Waals surface area contributed by atoms with E-state index in [1.165, 1.54) is 44.5 Å². The lowest BCUT2D eigenvalue weighted by atomic mass is 9.95. The molecule has 0 aromatic heterocycles. The monoisotopic (exact) mass is 570 g/mol. The molecule has 2 nitrogen and oxygen atoms in total. The molecular formula is C42H38N2. The zero-order valence-electron chi connectivity index (χ0n) is 25.0. The largest absolute Gasteiger partial charge is 0.399 e. The zero-order chi connectivity index (χ0) is 30.3. The molecule has 0 heterocycles. The lowest BCUT2D eigenvalue weighted by Gasteiger charge is -2.10. The summed E-state index contributed by atoms with van der Waals surface area (Å²) in [5.74, 6) is 0. The predicted molar refractivity (Wildman–Crippen MR) is 187 cm³/mol. The fraction of sp³-hybridized carbons (Fsp3) is 0.0952. The van der Waals surface area contributed by atoms with Crippen LogP contribution in [0.2, 0.25) is 0 Å². The predicted octanol–water partition coefficient (Wildman–Crippen LogP) is 9.28. The van der Waals surface area contributed by atoms with Crippen LogP contribution in [-0.2, 0) is 25.7 Å². The van der Waals surface area contributed by atoms with Gasteiger partial charge in [0.1, 0.15) is 0 Å². The van der Waals surface area contributed by atoms with Crippen LogP contribution in [-0.4, -0.2) is 0 Å². The summed E-state index contributed by atoms with van der Waals surface area (Å²) >= 11 is 0. The minimum atomic E-state index is 0.796. The van der Waals surface area contributed by atoms with Crippen molar-refractivity contribution in [2.45, 2.75) is 25.7 Å². The van der Waals surface area contributed by atoms with Crippen LogP contribution in [0.25, 0.3) is 5.57 Å². The van der Waals surface area contributed by atoms with E-state index in [0.29, 0.717) is 0 Å². The average Bonchev–Trinajstić information content (AvgIpc) is 3.05. The summed E-state index contributed by atoms with van der Waals surface area (Å²) < 4.78 is 0. The molecule has 44 heavy (non-hydrogen) atoms. The minimum Gasteiger partial charge on any atom is -0.399 e. The fourth-order valence-electron chi connectivity index (χ4n) is 5.58. The Labute approximate surface area is 261 Å². The van der Waals surface area contributed by atoms with Crippen molar-refractivity contribution in [1.82, 2.24) is 0 Å². The van der Waals surface area contributed by atoms with Gasteiger partial charge in [-0.25, -0.2) is 0 Å². The van der Waals surface area contributed by atoms with E-state index >= 15 is 0 Å². The highest BCUT2D eigenvalue weighted by Gasteiger charge is 2.06. The number of benzene rings is 6. The molecule has 6 rings (SSSR count). The van der Waals surface area contributed by atoms with Gasteiger partial charge in [0.15, 0.2) is 0 Å². The van der Waals surface area contributed by atoms with E-state index in [0.717, 1.165) is 53.8 Å². The first-order valence-corrected chi connectivity index (χ1v) is 15.2. The normalized spacial score (nSPS) is 10.9. The molecule has 0 spiro atoms. The van der Waals surface area contributed by atoms with Crippen LogP contribution in [0.15, 0.2) is 152 Å². The highest BCUT2D eigenvalue weighted by Crippen LogP contribution is 2.24. The third-order valence-electron chi connectivity index (χ3n) is 8.24. The van der Waals surface area contributed by atoms with E-state index in [4.69, 9.17) is 11.5 Å². The first-order valence-electron chi connectivity index (χ1n) is 15.2. The lowest BCUT2D eigenvalue weighted by molar-refractivity contribution is 1.14. The van der Waals surface area contributed by atoms with Crippen LogP contribution in [0.4, 0.5) is 11.4 Å². The topological polar surface area (TPSA) is 52.0 Å². The van der Waals surface area contributed by atoms with Gasteiger partial charge in [0.05, 0.1) is 0 Å². The Hall–Kier alpha value is -5.34. The summed E-state index contributed by atoms with van der Waals surface area (Å²) in [7, 11) is 0. The zero-order valence-corrected chi connectivity index (χ0v) is 25.0. The maximum atomic E-state index is 5.82. The second-order valence-electron chi connectivity index (χ2n) is 11.7. The lowest BCUT2D eigenvalue weighted by Crippen LogP contribution is -1.94. The van der Waals surface area contributed by atoms with Gasteiger partial charge in [-0.05, 0) is 111 Å². The van der Waals surface area contributed by atoms with Crippen LogP contribution in [0.3, 0.4) is 0 Å². The van der Waals surface area contributed by atoms with Crippen molar-refractivity contribution in [3.8, 4) is 0 Å². The smallest absolute Gasteiger partial charge is 0.0314 e. The van der Waals surface area contributed by atoms with Crippen molar-refractivity contribution < 1.29 is 0 Å². The maximum absolute atomic E-state index is 5.82. The van der Waals surface area contributed by atoms with Crippen molar-refractivity contribution in [2.75, 3.05) is 11.5 Å². The maximum Gasteiger partial charge on any atom is 0.0314 e. The van der Waals surface area contributed by atoms with Gasteiger partial charge < -0.3 is 11.5 Å². The van der Waals surface area contributed by atoms with Crippen LogP contribution >= 0.6 is 0 Å². The van der Waals surface area contributed by atoms with Crippen molar-refractivity contribution in [2.24, 2.45) is 0 Å². The summed E-state index contributed by atoms with van der Waals surface area (Å²) in [5, 5.41) is 0.